The second-order valence-corrected chi connectivity index (χ2v) is 17.6. The molecular weight excluding hydrogens is 810 g/mol. The van der Waals surface area contributed by atoms with Crippen LogP contribution in [0.3, 0.4) is 0 Å². The molecule has 14 heteroatoms. The van der Waals surface area contributed by atoms with Crippen LogP contribution in [0.4, 0.5) is 0 Å². The number of carbonyl (C=O) groups is 3. The van der Waals surface area contributed by atoms with Crippen LogP contribution in [0.5, 0.6) is 17.2 Å². The quantitative estimate of drug-likeness (QED) is 0.0253. The van der Waals surface area contributed by atoms with Crippen LogP contribution >= 0.6 is 7.82 Å². The zero-order valence-corrected chi connectivity index (χ0v) is 38.1. The minimum atomic E-state index is -4.60. The highest BCUT2D eigenvalue weighted by Crippen LogP contribution is 2.51. The summed E-state index contributed by atoms with van der Waals surface area (Å²) >= 11 is 0. The van der Waals surface area contributed by atoms with Gasteiger partial charge in [-0.2, -0.15) is 0 Å². The maximum Gasteiger partial charge on any atom is 0.475 e. The number of rotatable bonds is 33. The van der Waals surface area contributed by atoms with Crippen molar-refractivity contribution in [1.29, 1.82) is 0 Å². The van der Waals surface area contributed by atoms with Gasteiger partial charge in [-0.05, 0) is 72.4 Å². The van der Waals surface area contributed by atoms with Crippen LogP contribution in [0.25, 0.3) is 0 Å². The monoisotopic (exact) mass is 881 g/mol. The third-order valence-electron chi connectivity index (χ3n) is 10.6. The highest BCUT2D eigenvalue weighted by Gasteiger charge is 2.33. The summed E-state index contributed by atoms with van der Waals surface area (Å²) in [5, 5.41) is 39.0. The number of nitrogens with one attached hydrogen (secondary N) is 3. The molecule has 0 unspecified atom stereocenters. The summed E-state index contributed by atoms with van der Waals surface area (Å²) in [5.41, 5.74) is 1.74. The number of amides is 3. The van der Waals surface area contributed by atoms with E-state index in [0.29, 0.717) is 36.0 Å². The SMILES string of the molecule is CCCCCCCC(=O)N[C@@H](COP(=O)(OC[C@H](NC(=O)CCCCCCC)c1ccc(O)cc1)OC[C@H](NC(=O)CCCCCCC)c1ccc(O)cc1)c1ccc(O)cc1. The maximum absolute atomic E-state index is 14.9. The van der Waals surface area contributed by atoms with Gasteiger partial charge in [-0.1, -0.05) is 134 Å². The largest absolute Gasteiger partial charge is 0.508 e. The van der Waals surface area contributed by atoms with E-state index < -0.39 is 25.9 Å². The Labute approximate surface area is 369 Å². The van der Waals surface area contributed by atoms with E-state index >= 15 is 0 Å². The lowest BCUT2D eigenvalue weighted by atomic mass is 10.1. The van der Waals surface area contributed by atoms with Gasteiger partial charge in [-0.3, -0.25) is 28.0 Å². The van der Waals surface area contributed by atoms with Crippen LogP contribution < -0.4 is 16.0 Å². The van der Waals surface area contributed by atoms with Gasteiger partial charge in [-0.25, -0.2) is 4.57 Å². The summed E-state index contributed by atoms with van der Waals surface area (Å²) in [6.45, 7) is 5.31. The molecule has 3 atom stereocenters. The molecule has 344 valence electrons. The molecule has 0 bridgehead atoms. The van der Waals surface area contributed by atoms with E-state index in [4.69, 9.17) is 13.6 Å². The van der Waals surface area contributed by atoms with Crippen LogP contribution in [-0.4, -0.2) is 52.9 Å². The van der Waals surface area contributed by atoms with Gasteiger partial charge in [0, 0.05) is 19.3 Å². The molecule has 6 N–H and O–H groups in total. The Hall–Kier alpha value is -4.42. The normalized spacial score (nSPS) is 13.0. The topological polar surface area (TPSA) is 193 Å². The van der Waals surface area contributed by atoms with Crippen molar-refractivity contribution in [2.24, 2.45) is 0 Å². The van der Waals surface area contributed by atoms with Gasteiger partial charge in [0.25, 0.3) is 0 Å². The zero-order valence-electron chi connectivity index (χ0n) is 37.2. The Balaban J connectivity index is 1.91. The van der Waals surface area contributed by atoms with E-state index in [-0.39, 0.29) is 74.1 Å². The second kappa shape index (κ2) is 29.8. The number of hydrogen-bond acceptors (Lipinski definition) is 10. The number of hydrogen-bond donors (Lipinski definition) is 6. The first-order valence-corrected chi connectivity index (χ1v) is 24.2. The minimum absolute atomic E-state index is 0.0274. The lowest BCUT2D eigenvalue weighted by Crippen LogP contribution is -2.33. The van der Waals surface area contributed by atoms with Crippen LogP contribution in [-0.2, 0) is 32.5 Å². The van der Waals surface area contributed by atoms with Crippen LogP contribution in [0.15, 0.2) is 72.8 Å². The van der Waals surface area contributed by atoms with Crippen LogP contribution in [0.2, 0.25) is 0 Å². The Morgan fingerprint density at radius 2 is 0.677 bits per heavy atom. The van der Waals surface area contributed by atoms with E-state index in [0.717, 1.165) is 77.0 Å². The van der Waals surface area contributed by atoms with Gasteiger partial charge in [0.05, 0.1) is 37.9 Å². The Morgan fingerprint density at radius 1 is 0.435 bits per heavy atom. The van der Waals surface area contributed by atoms with Crippen LogP contribution in [0, 0.1) is 0 Å². The first-order valence-electron chi connectivity index (χ1n) is 22.7. The molecule has 62 heavy (non-hydrogen) atoms. The van der Waals surface area contributed by atoms with Crippen molar-refractivity contribution >= 4 is 25.5 Å². The molecule has 3 aromatic carbocycles. The number of phenolic OH excluding ortho intramolecular Hbond substituents is 3. The predicted octanol–water partition coefficient (Wildman–Crippen LogP) is 10.9. The fourth-order valence-electron chi connectivity index (χ4n) is 6.86. The van der Waals surface area contributed by atoms with Crippen molar-refractivity contribution < 1.29 is 47.8 Å². The van der Waals surface area contributed by atoms with Crippen molar-refractivity contribution in [1.82, 2.24) is 16.0 Å². The number of carbonyl (C=O) groups excluding carboxylic acids is 3. The molecule has 3 amide bonds. The summed E-state index contributed by atoms with van der Waals surface area (Å²) in [7, 11) is -4.60. The summed E-state index contributed by atoms with van der Waals surface area (Å²) < 4.78 is 33.2. The molecule has 0 aliphatic carbocycles. The highest BCUT2D eigenvalue weighted by molar-refractivity contribution is 7.48. The summed E-state index contributed by atoms with van der Waals surface area (Å²) in [6.07, 6.45) is 15.3. The molecule has 0 saturated carbocycles. The number of phenols is 3. The third-order valence-corrected chi connectivity index (χ3v) is 12.0. The van der Waals surface area contributed by atoms with E-state index in [1.165, 1.54) is 36.4 Å². The molecule has 0 aliphatic heterocycles. The van der Waals surface area contributed by atoms with E-state index in [1.807, 2.05) is 0 Å². The van der Waals surface area contributed by atoms with Gasteiger partial charge in [0.15, 0.2) is 0 Å². The first kappa shape index (κ1) is 51.9. The first-order chi connectivity index (χ1) is 29.9. The number of benzene rings is 3. The number of phosphoric acid groups is 1. The molecule has 0 radical (unpaired) electrons. The van der Waals surface area contributed by atoms with Gasteiger partial charge < -0.3 is 31.3 Å². The van der Waals surface area contributed by atoms with Crippen molar-refractivity contribution in [2.45, 2.75) is 154 Å². The van der Waals surface area contributed by atoms with Gasteiger partial charge in [0.2, 0.25) is 17.7 Å². The smallest absolute Gasteiger partial charge is 0.475 e. The average Bonchev–Trinajstić information content (AvgIpc) is 3.26. The second-order valence-electron chi connectivity index (χ2n) is 16.0. The molecule has 13 nitrogen and oxygen atoms in total. The van der Waals surface area contributed by atoms with Gasteiger partial charge in [0.1, 0.15) is 17.2 Å². The molecule has 3 rings (SSSR count). The van der Waals surface area contributed by atoms with Crippen molar-refractivity contribution in [2.75, 3.05) is 19.8 Å². The Bertz CT molecular complexity index is 1550. The lowest BCUT2D eigenvalue weighted by Gasteiger charge is -2.27. The summed E-state index contributed by atoms with van der Waals surface area (Å²) in [5.74, 6) is -0.600. The zero-order chi connectivity index (χ0) is 45.0. The van der Waals surface area contributed by atoms with Gasteiger partial charge in [-0.15, -0.1) is 0 Å². The molecule has 0 aliphatic rings. The molecule has 0 fully saturated rings. The fourth-order valence-corrected chi connectivity index (χ4v) is 8.08. The summed E-state index contributed by atoms with van der Waals surface area (Å²) in [4.78, 5) is 39.7. The minimum Gasteiger partial charge on any atom is -0.508 e. The molecule has 3 aromatic rings. The number of unbranched alkanes of at least 4 members (excludes halogenated alkanes) is 12. The predicted molar refractivity (Wildman–Crippen MR) is 243 cm³/mol. The molecule has 0 aromatic heterocycles. The average molecular weight is 882 g/mol. The van der Waals surface area contributed by atoms with Crippen molar-refractivity contribution in [3.63, 3.8) is 0 Å². The number of aromatic hydroxyl groups is 3. The lowest BCUT2D eigenvalue weighted by molar-refractivity contribution is -0.122. The molecule has 0 heterocycles. The van der Waals surface area contributed by atoms with Crippen LogP contribution in [0.1, 0.15) is 171 Å². The van der Waals surface area contributed by atoms with E-state index in [9.17, 15) is 34.3 Å². The maximum atomic E-state index is 14.9. The van der Waals surface area contributed by atoms with Crippen molar-refractivity contribution in [3.8, 4) is 17.2 Å². The number of phosphoric ester groups is 1. The fraction of sp³-hybridized carbons (Fsp3) is 0.562. The van der Waals surface area contributed by atoms with Gasteiger partial charge >= 0.3 is 7.82 Å². The molecule has 0 spiro atoms. The summed E-state index contributed by atoms with van der Waals surface area (Å²) in [6, 6.07) is 16.2. The van der Waals surface area contributed by atoms with Crippen molar-refractivity contribution in [3.05, 3.63) is 89.5 Å². The molecular formula is C48H72N3O10P. The highest BCUT2D eigenvalue weighted by atomic mass is 31.2. The molecule has 0 saturated heterocycles. The van der Waals surface area contributed by atoms with E-state index in [2.05, 4.69) is 36.7 Å². The standard InChI is InChI=1S/C48H72N3O10P/c1-4-7-10-13-16-19-46(55)49-43(37-22-28-40(52)29-23-37)34-59-62(58,60-35-44(38-24-30-41(53)31-25-38)50-47(56)20-17-14-11-8-5-2)61-36-45(39-26-32-42(54)33-27-39)51-48(57)21-18-15-12-9-6-3/h22-33,43-45,52-54H,4-21,34-36H2,1-3H3,(H,49,55)(H,50,56)(H,51,57)/t43-,44-,45-/m0/s1. The third kappa shape index (κ3) is 21.1. The van der Waals surface area contributed by atoms with E-state index in [1.54, 1.807) is 36.4 Å². The Morgan fingerprint density at radius 3 is 0.919 bits per heavy atom. The Kier molecular flexibility index (Phi) is 25.0.